The quantitative estimate of drug-likeness (QED) is 0.706. The Morgan fingerprint density at radius 2 is 1.81 bits per heavy atom. The van der Waals surface area contributed by atoms with E-state index in [0.29, 0.717) is 17.0 Å². The van der Waals surface area contributed by atoms with Gasteiger partial charge in [0.25, 0.3) is 5.91 Å². The third-order valence-corrected chi connectivity index (χ3v) is 5.04. The highest BCUT2D eigenvalue weighted by Crippen LogP contribution is 2.21. The molecule has 0 radical (unpaired) electrons. The molecule has 0 saturated carbocycles. The van der Waals surface area contributed by atoms with Crippen molar-refractivity contribution >= 4 is 15.7 Å². The first-order valence-corrected chi connectivity index (χ1v) is 9.69. The molecule has 1 aromatic heterocycles. The zero-order chi connectivity index (χ0) is 18.7. The summed E-state index contributed by atoms with van der Waals surface area (Å²) in [6.45, 7) is 1.82. The maximum Gasteiger partial charge on any atom is 0.252 e. The van der Waals surface area contributed by atoms with Gasteiger partial charge >= 0.3 is 0 Å². The number of carbonyl (C=O) groups is 1. The Morgan fingerprint density at radius 3 is 2.42 bits per heavy atom. The number of hydrogen-bond acceptors (Lipinski definition) is 6. The summed E-state index contributed by atoms with van der Waals surface area (Å²) in [6.07, 6.45) is 1.15. The Labute approximate surface area is 150 Å². The number of benzene rings is 2. The summed E-state index contributed by atoms with van der Waals surface area (Å²) in [5.74, 6) is 0.0472. The number of hydrogen-bond donors (Lipinski definition) is 2. The summed E-state index contributed by atoms with van der Waals surface area (Å²) in [6, 6.07) is 13.1. The van der Waals surface area contributed by atoms with Gasteiger partial charge in [-0.1, -0.05) is 30.3 Å². The summed E-state index contributed by atoms with van der Waals surface area (Å²) in [5, 5.41) is 16.6. The zero-order valence-electron chi connectivity index (χ0n) is 14.2. The Hall–Kier alpha value is -3.07. The van der Waals surface area contributed by atoms with E-state index in [1.165, 1.54) is 12.1 Å². The van der Waals surface area contributed by atoms with Crippen LogP contribution in [-0.4, -0.2) is 41.2 Å². The van der Waals surface area contributed by atoms with Gasteiger partial charge in [-0.05, 0) is 35.9 Å². The van der Waals surface area contributed by atoms with Gasteiger partial charge in [0.05, 0.1) is 16.5 Å². The number of H-pyrrole nitrogens is 1. The standard InChI is InChI=1S/C17H17N5O3S/c1-11(12-7-9-13(10-8-12)26(2,24)25)18-17(23)15-6-4-3-5-14(15)16-19-21-22-20-16/h3-11H,1-2H3,(H,18,23)(H,19,20,21,22). The van der Waals surface area contributed by atoms with Crippen molar-refractivity contribution in [1.82, 2.24) is 25.9 Å². The molecule has 1 heterocycles. The Morgan fingerprint density at radius 1 is 1.12 bits per heavy atom. The number of carbonyl (C=O) groups excluding carboxylic acids is 1. The monoisotopic (exact) mass is 371 g/mol. The van der Waals surface area contributed by atoms with E-state index in [0.717, 1.165) is 11.8 Å². The Bertz CT molecular complexity index is 1010. The molecule has 2 aromatic carbocycles. The van der Waals surface area contributed by atoms with Gasteiger partial charge in [0, 0.05) is 11.8 Å². The number of nitrogens with one attached hydrogen (secondary N) is 2. The number of amides is 1. The molecule has 0 fully saturated rings. The summed E-state index contributed by atoms with van der Waals surface area (Å²) in [7, 11) is -3.25. The minimum atomic E-state index is -3.25. The van der Waals surface area contributed by atoms with E-state index in [1.54, 1.807) is 36.4 Å². The predicted octanol–water partition coefficient (Wildman–Crippen LogP) is 1.76. The van der Waals surface area contributed by atoms with E-state index in [9.17, 15) is 13.2 Å². The number of aromatic amines is 1. The average molecular weight is 371 g/mol. The van der Waals surface area contributed by atoms with E-state index in [1.807, 2.05) is 6.92 Å². The number of aromatic nitrogens is 4. The fourth-order valence-corrected chi connectivity index (χ4v) is 3.14. The first kappa shape index (κ1) is 17.7. The lowest BCUT2D eigenvalue weighted by Gasteiger charge is -2.16. The van der Waals surface area contributed by atoms with Gasteiger partial charge in [0.15, 0.2) is 9.84 Å². The molecule has 0 saturated heterocycles. The molecule has 1 atom stereocenters. The van der Waals surface area contributed by atoms with Crippen molar-refractivity contribution in [1.29, 1.82) is 0 Å². The third kappa shape index (κ3) is 3.77. The lowest BCUT2D eigenvalue weighted by Crippen LogP contribution is -2.27. The van der Waals surface area contributed by atoms with Gasteiger partial charge in [0.1, 0.15) is 0 Å². The van der Waals surface area contributed by atoms with Crippen LogP contribution in [-0.2, 0) is 9.84 Å². The van der Waals surface area contributed by atoms with Gasteiger partial charge in [-0.25, -0.2) is 8.42 Å². The molecule has 8 nitrogen and oxygen atoms in total. The van der Waals surface area contributed by atoms with Crippen LogP contribution in [0.15, 0.2) is 53.4 Å². The third-order valence-electron chi connectivity index (χ3n) is 3.91. The normalized spacial score (nSPS) is 12.5. The van der Waals surface area contributed by atoms with Crippen molar-refractivity contribution in [2.45, 2.75) is 17.9 Å². The molecule has 3 aromatic rings. The van der Waals surface area contributed by atoms with Crippen LogP contribution >= 0.6 is 0 Å². The molecule has 0 aliphatic heterocycles. The molecule has 0 spiro atoms. The SMILES string of the molecule is CC(NC(=O)c1ccccc1-c1nn[nH]n1)c1ccc(S(C)(=O)=O)cc1. The van der Waals surface area contributed by atoms with Gasteiger partial charge in [-0.2, -0.15) is 5.21 Å². The van der Waals surface area contributed by atoms with E-state index in [2.05, 4.69) is 25.9 Å². The van der Waals surface area contributed by atoms with Gasteiger partial charge in [-0.3, -0.25) is 4.79 Å². The maximum absolute atomic E-state index is 12.7. The van der Waals surface area contributed by atoms with Crippen molar-refractivity contribution in [3.63, 3.8) is 0 Å². The van der Waals surface area contributed by atoms with Crippen LogP contribution in [0.25, 0.3) is 11.4 Å². The first-order valence-electron chi connectivity index (χ1n) is 7.80. The van der Waals surface area contributed by atoms with Crippen LogP contribution in [0, 0.1) is 0 Å². The molecule has 9 heteroatoms. The topological polar surface area (TPSA) is 118 Å². The summed E-state index contributed by atoms with van der Waals surface area (Å²) >= 11 is 0. The largest absolute Gasteiger partial charge is 0.345 e. The highest BCUT2D eigenvalue weighted by atomic mass is 32.2. The van der Waals surface area contributed by atoms with E-state index < -0.39 is 9.84 Å². The number of sulfone groups is 1. The predicted molar refractivity (Wildman–Crippen MR) is 95.0 cm³/mol. The van der Waals surface area contributed by atoms with Crippen LogP contribution in [0.2, 0.25) is 0 Å². The molecule has 0 bridgehead atoms. The van der Waals surface area contributed by atoms with Gasteiger partial charge in [0.2, 0.25) is 5.82 Å². The highest BCUT2D eigenvalue weighted by Gasteiger charge is 2.18. The van der Waals surface area contributed by atoms with Crippen LogP contribution in [0.3, 0.4) is 0 Å². The van der Waals surface area contributed by atoms with Crippen LogP contribution in [0.5, 0.6) is 0 Å². The minimum Gasteiger partial charge on any atom is -0.345 e. The Balaban J connectivity index is 1.80. The molecule has 26 heavy (non-hydrogen) atoms. The Kier molecular flexibility index (Phi) is 4.81. The lowest BCUT2D eigenvalue weighted by atomic mass is 10.0. The molecular weight excluding hydrogens is 354 g/mol. The fraction of sp³-hybridized carbons (Fsp3) is 0.176. The van der Waals surface area contributed by atoms with Crippen LogP contribution < -0.4 is 5.32 Å². The van der Waals surface area contributed by atoms with Crippen molar-refractivity contribution < 1.29 is 13.2 Å². The molecule has 0 aliphatic rings. The van der Waals surface area contributed by atoms with Crippen molar-refractivity contribution in [2.24, 2.45) is 0 Å². The molecule has 2 N–H and O–H groups in total. The second kappa shape index (κ2) is 7.04. The van der Waals surface area contributed by atoms with E-state index in [4.69, 9.17) is 0 Å². The highest BCUT2D eigenvalue weighted by molar-refractivity contribution is 7.90. The van der Waals surface area contributed by atoms with E-state index in [-0.39, 0.29) is 16.8 Å². The van der Waals surface area contributed by atoms with Gasteiger partial charge < -0.3 is 5.32 Å². The zero-order valence-corrected chi connectivity index (χ0v) is 15.0. The molecule has 1 unspecified atom stereocenters. The van der Waals surface area contributed by atoms with E-state index >= 15 is 0 Å². The summed E-state index contributed by atoms with van der Waals surface area (Å²) < 4.78 is 23.1. The maximum atomic E-state index is 12.7. The van der Waals surface area contributed by atoms with Crippen LogP contribution in [0.1, 0.15) is 28.9 Å². The summed E-state index contributed by atoms with van der Waals surface area (Å²) in [5.41, 5.74) is 1.79. The summed E-state index contributed by atoms with van der Waals surface area (Å²) in [4.78, 5) is 12.9. The molecular formula is C17H17N5O3S. The number of nitrogens with zero attached hydrogens (tertiary/aromatic N) is 3. The van der Waals surface area contributed by atoms with Crippen molar-refractivity contribution in [2.75, 3.05) is 6.26 Å². The molecule has 3 rings (SSSR count). The van der Waals surface area contributed by atoms with Crippen molar-refractivity contribution in [3.05, 3.63) is 59.7 Å². The first-order chi connectivity index (χ1) is 12.4. The molecule has 0 aliphatic carbocycles. The average Bonchev–Trinajstić information content (AvgIpc) is 3.15. The lowest BCUT2D eigenvalue weighted by molar-refractivity contribution is 0.0940. The smallest absolute Gasteiger partial charge is 0.252 e. The molecule has 1 amide bonds. The second-order valence-corrected chi connectivity index (χ2v) is 7.83. The number of rotatable bonds is 5. The number of tetrazole rings is 1. The fourth-order valence-electron chi connectivity index (χ4n) is 2.51. The van der Waals surface area contributed by atoms with Crippen molar-refractivity contribution in [3.8, 4) is 11.4 Å². The second-order valence-electron chi connectivity index (χ2n) is 5.82. The minimum absolute atomic E-state index is 0.238. The van der Waals surface area contributed by atoms with Crippen LogP contribution in [0.4, 0.5) is 0 Å². The van der Waals surface area contributed by atoms with Gasteiger partial charge in [-0.15, -0.1) is 10.2 Å². The molecule has 134 valence electrons.